The fourth-order valence-corrected chi connectivity index (χ4v) is 10.2. The van der Waals surface area contributed by atoms with Crippen LogP contribution in [-0.2, 0) is 0 Å². The summed E-state index contributed by atoms with van der Waals surface area (Å²) in [6.45, 7) is 0. The Kier molecular flexibility index (Phi) is 7.13. The summed E-state index contributed by atoms with van der Waals surface area (Å²) in [5.74, 6) is 0. The Labute approximate surface area is 333 Å². The van der Waals surface area contributed by atoms with E-state index in [9.17, 15) is 0 Å². The minimum Gasteiger partial charge on any atom is -0.309 e. The number of hydrogen-bond donors (Lipinski definition) is 0. The fraction of sp³-hybridized carbons (Fsp3) is 0. The van der Waals surface area contributed by atoms with Gasteiger partial charge in [-0.1, -0.05) is 133 Å². The SMILES string of the molecule is c1ccc(-c2ccc(-n3c4ccccc4c4cc(-c5ccc6c(c5)sc5cc(-c7ccc8c(c7)c7ccccc7n8-c7ccccc7)ccc56)ccc43)cc2)cc1. The van der Waals surface area contributed by atoms with E-state index in [0.717, 1.165) is 0 Å². The molecule has 0 unspecified atom stereocenters. The van der Waals surface area contributed by atoms with Gasteiger partial charge in [-0.05, 0) is 106 Å². The Bertz CT molecular complexity index is 3490. The molecule has 3 heterocycles. The molecule has 12 rings (SSSR count). The third kappa shape index (κ3) is 5.10. The Hall–Kier alpha value is -7.20. The maximum Gasteiger partial charge on any atom is 0.0541 e. The van der Waals surface area contributed by atoms with Crippen LogP contribution in [0.3, 0.4) is 0 Å². The molecule has 0 aliphatic carbocycles. The molecule has 0 saturated carbocycles. The molecule has 12 aromatic rings. The second-order valence-electron chi connectivity index (χ2n) is 14.9. The predicted octanol–water partition coefficient (Wildman–Crippen LogP) is 15.2. The van der Waals surface area contributed by atoms with E-state index in [-0.39, 0.29) is 0 Å². The van der Waals surface area contributed by atoms with Crippen LogP contribution in [0.2, 0.25) is 0 Å². The second kappa shape index (κ2) is 12.7. The van der Waals surface area contributed by atoms with Crippen molar-refractivity contribution in [2.45, 2.75) is 0 Å². The number of benzene rings is 9. The van der Waals surface area contributed by atoms with Crippen molar-refractivity contribution >= 4 is 75.1 Å². The molecule has 0 bridgehead atoms. The second-order valence-corrected chi connectivity index (χ2v) is 16.0. The highest BCUT2D eigenvalue weighted by Gasteiger charge is 2.16. The minimum atomic E-state index is 1.17. The van der Waals surface area contributed by atoms with Crippen molar-refractivity contribution in [1.82, 2.24) is 9.13 Å². The molecule has 0 amide bonds. The van der Waals surface area contributed by atoms with Gasteiger partial charge in [0.1, 0.15) is 0 Å². The number of thiophene rings is 1. The number of rotatable bonds is 5. The Morgan fingerprint density at radius 3 is 1.18 bits per heavy atom. The summed E-state index contributed by atoms with van der Waals surface area (Å²) in [6.07, 6.45) is 0. The monoisotopic (exact) mass is 742 g/mol. The quantitative estimate of drug-likeness (QED) is 0.166. The maximum atomic E-state index is 2.40. The highest BCUT2D eigenvalue weighted by Crippen LogP contribution is 2.41. The highest BCUT2D eigenvalue weighted by atomic mass is 32.1. The number of fused-ring (bicyclic) bond motifs is 9. The van der Waals surface area contributed by atoms with Crippen LogP contribution in [-0.4, -0.2) is 9.13 Å². The van der Waals surface area contributed by atoms with Gasteiger partial charge in [0.25, 0.3) is 0 Å². The number of hydrogen-bond acceptors (Lipinski definition) is 1. The van der Waals surface area contributed by atoms with E-state index in [1.165, 1.54) is 109 Å². The summed E-state index contributed by atoms with van der Waals surface area (Å²) in [5.41, 5.74) is 14.6. The van der Waals surface area contributed by atoms with Gasteiger partial charge < -0.3 is 9.13 Å². The van der Waals surface area contributed by atoms with Crippen LogP contribution in [0.25, 0.3) is 109 Å². The first-order valence-electron chi connectivity index (χ1n) is 19.5. The van der Waals surface area contributed by atoms with Crippen LogP contribution in [0.15, 0.2) is 206 Å². The van der Waals surface area contributed by atoms with Gasteiger partial charge in [0.2, 0.25) is 0 Å². The summed E-state index contributed by atoms with van der Waals surface area (Å²) in [6, 6.07) is 75.6. The largest absolute Gasteiger partial charge is 0.309 e. The van der Waals surface area contributed by atoms with Gasteiger partial charge in [-0.15, -0.1) is 11.3 Å². The first kappa shape index (κ1) is 32.1. The lowest BCUT2D eigenvalue weighted by atomic mass is 9.99. The first-order chi connectivity index (χ1) is 28.2. The van der Waals surface area contributed by atoms with E-state index in [1.807, 2.05) is 11.3 Å². The summed E-state index contributed by atoms with van der Waals surface area (Å²) < 4.78 is 7.39. The lowest BCUT2D eigenvalue weighted by Gasteiger charge is -2.10. The zero-order valence-electron chi connectivity index (χ0n) is 30.9. The number of aromatic nitrogens is 2. The van der Waals surface area contributed by atoms with Gasteiger partial charge in [0, 0.05) is 53.1 Å². The first-order valence-corrected chi connectivity index (χ1v) is 20.3. The minimum absolute atomic E-state index is 1.17. The molecule has 0 N–H and O–H groups in total. The summed E-state index contributed by atoms with van der Waals surface area (Å²) >= 11 is 1.89. The summed E-state index contributed by atoms with van der Waals surface area (Å²) in [7, 11) is 0. The molecule has 2 nitrogen and oxygen atoms in total. The van der Waals surface area contributed by atoms with Crippen LogP contribution in [0.5, 0.6) is 0 Å². The summed E-state index contributed by atoms with van der Waals surface area (Å²) in [4.78, 5) is 0. The average molecular weight is 743 g/mol. The van der Waals surface area contributed by atoms with E-state index in [0.29, 0.717) is 0 Å². The van der Waals surface area contributed by atoms with Crippen molar-refractivity contribution in [3.8, 4) is 44.8 Å². The van der Waals surface area contributed by atoms with Crippen LogP contribution >= 0.6 is 11.3 Å². The molecule has 266 valence electrons. The highest BCUT2D eigenvalue weighted by molar-refractivity contribution is 7.25. The predicted molar refractivity (Wildman–Crippen MR) is 244 cm³/mol. The zero-order valence-corrected chi connectivity index (χ0v) is 31.7. The molecule has 0 fully saturated rings. The van der Waals surface area contributed by atoms with Crippen LogP contribution in [0.1, 0.15) is 0 Å². The van der Waals surface area contributed by atoms with E-state index in [1.54, 1.807) is 0 Å². The molecule has 57 heavy (non-hydrogen) atoms. The van der Waals surface area contributed by atoms with Crippen molar-refractivity contribution in [2.75, 3.05) is 0 Å². The van der Waals surface area contributed by atoms with Crippen molar-refractivity contribution in [3.05, 3.63) is 206 Å². The lowest BCUT2D eigenvalue weighted by molar-refractivity contribution is 1.18. The Balaban J connectivity index is 0.921. The Morgan fingerprint density at radius 2 is 0.632 bits per heavy atom. The molecular weight excluding hydrogens is 709 g/mol. The zero-order chi connectivity index (χ0) is 37.5. The van der Waals surface area contributed by atoms with Crippen molar-refractivity contribution < 1.29 is 0 Å². The molecule has 0 radical (unpaired) electrons. The standard InChI is InChI=1S/C54H34N2S/c1-3-11-35(12-4-1)36-19-25-42(26-20-36)56-50-18-10-8-16-44(50)48-32-38(24-30-52(48)56)40-22-28-46-45-27-21-39(33-53(45)57-54(46)34-40)37-23-29-51-47(31-37)43-15-7-9-17-49(43)55(51)41-13-5-2-6-14-41/h1-34H. The molecule has 0 spiro atoms. The third-order valence-corrected chi connectivity index (χ3v) is 12.8. The Morgan fingerprint density at radius 1 is 0.246 bits per heavy atom. The van der Waals surface area contributed by atoms with Gasteiger partial charge in [0.15, 0.2) is 0 Å². The third-order valence-electron chi connectivity index (χ3n) is 11.7. The van der Waals surface area contributed by atoms with E-state index >= 15 is 0 Å². The van der Waals surface area contributed by atoms with Crippen molar-refractivity contribution in [3.63, 3.8) is 0 Å². The normalized spacial score (nSPS) is 11.9. The molecule has 0 aliphatic rings. The number of para-hydroxylation sites is 3. The topological polar surface area (TPSA) is 9.86 Å². The number of nitrogens with zero attached hydrogens (tertiary/aromatic N) is 2. The molecule has 0 atom stereocenters. The summed E-state index contributed by atoms with van der Waals surface area (Å²) in [5, 5.41) is 7.69. The molecule has 9 aromatic carbocycles. The van der Waals surface area contributed by atoms with E-state index in [2.05, 4.69) is 215 Å². The average Bonchev–Trinajstić information content (AvgIpc) is 3.93. The van der Waals surface area contributed by atoms with Gasteiger partial charge in [-0.25, -0.2) is 0 Å². The van der Waals surface area contributed by atoms with Crippen LogP contribution < -0.4 is 0 Å². The molecular formula is C54H34N2S. The van der Waals surface area contributed by atoms with E-state index < -0.39 is 0 Å². The maximum absolute atomic E-state index is 2.40. The fourth-order valence-electron chi connectivity index (χ4n) is 9.01. The van der Waals surface area contributed by atoms with Gasteiger partial charge in [-0.2, -0.15) is 0 Å². The molecule has 3 aromatic heterocycles. The van der Waals surface area contributed by atoms with Crippen LogP contribution in [0.4, 0.5) is 0 Å². The van der Waals surface area contributed by atoms with Gasteiger partial charge in [-0.3, -0.25) is 0 Å². The molecule has 0 aliphatic heterocycles. The molecule has 3 heteroatoms. The van der Waals surface area contributed by atoms with Crippen LogP contribution in [0, 0.1) is 0 Å². The van der Waals surface area contributed by atoms with Crippen molar-refractivity contribution in [1.29, 1.82) is 0 Å². The lowest BCUT2D eigenvalue weighted by Crippen LogP contribution is -1.93. The van der Waals surface area contributed by atoms with Crippen molar-refractivity contribution in [2.24, 2.45) is 0 Å². The molecule has 0 saturated heterocycles. The van der Waals surface area contributed by atoms with Gasteiger partial charge >= 0.3 is 0 Å². The smallest absolute Gasteiger partial charge is 0.0541 e. The van der Waals surface area contributed by atoms with E-state index in [4.69, 9.17) is 0 Å². The van der Waals surface area contributed by atoms with Gasteiger partial charge in [0.05, 0.1) is 22.1 Å².